The second-order valence-corrected chi connectivity index (χ2v) is 4.87. The van der Waals surface area contributed by atoms with E-state index in [1.165, 1.54) is 0 Å². The van der Waals surface area contributed by atoms with Gasteiger partial charge in [0.25, 0.3) is 0 Å². The molecule has 0 spiro atoms. The van der Waals surface area contributed by atoms with Crippen molar-refractivity contribution in [2.24, 2.45) is 0 Å². The molecular weight excluding hydrogens is 299 g/mol. The predicted octanol–water partition coefficient (Wildman–Crippen LogP) is 4.36. The average Bonchev–Trinajstić information content (AvgIpc) is 2.48. The van der Waals surface area contributed by atoms with Gasteiger partial charge in [-0.2, -0.15) is 0 Å². The highest BCUT2D eigenvalue weighted by Gasteiger charge is 2.08. The van der Waals surface area contributed by atoms with Crippen molar-refractivity contribution >= 4 is 29.2 Å². The minimum atomic E-state index is -0.404. The van der Waals surface area contributed by atoms with Gasteiger partial charge < -0.3 is 9.47 Å². The van der Waals surface area contributed by atoms with Gasteiger partial charge in [-0.05, 0) is 42.0 Å². The predicted molar refractivity (Wildman–Crippen MR) is 78.6 cm³/mol. The molecule has 0 radical (unpaired) electrons. The molecule has 0 saturated heterocycles. The Labute approximate surface area is 127 Å². The fraction of sp³-hybridized carbons (Fsp3) is 0.133. The largest absolute Gasteiger partial charge is 0.497 e. The first-order chi connectivity index (χ1) is 9.60. The molecule has 0 aliphatic heterocycles. The molecule has 0 atom stereocenters. The molecule has 2 aromatic rings. The third kappa shape index (κ3) is 3.65. The van der Waals surface area contributed by atoms with Gasteiger partial charge in [0.05, 0.1) is 22.7 Å². The molecule has 0 fully saturated rings. The van der Waals surface area contributed by atoms with Crippen molar-refractivity contribution in [3.05, 3.63) is 63.6 Å². The van der Waals surface area contributed by atoms with Crippen LogP contribution in [0.25, 0.3) is 0 Å². The van der Waals surface area contributed by atoms with Crippen molar-refractivity contribution in [3.8, 4) is 5.75 Å². The molecule has 0 saturated carbocycles. The molecule has 5 heteroatoms. The van der Waals surface area contributed by atoms with Crippen LogP contribution in [0.4, 0.5) is 0 Å². The molecule has 0 N–H and O–H groups in total. The number of carbonyl (C=O) groups is 1. The zero-order valence-corrected chi connectivity index (χ0v) is 12.2. The summed E-state index contributed by atoms with van der Waals surface area (Å²) >= 11 is 11.7. The summed E-state index contributed by atoms with van der Waals surface area (Å²) in [6, 6.07) is 11.8. The number of carbonyl (C=O) groups excluding carboxylic acids is 1. The molecule has 104 valence electrons. The molecule has 0 unspecified atom stereocenters. The number of methoxy groups -OCH3 is 1. The smallest absolute Gasteiger partial charge is 0.338 e. The quantitative estimate of drug-likeness (QED) is 0.787. The summed E-state index contributed by atoms with van der Waals surface area (Å²) in [6.07, 6.45) is 0. The number of hydrogen-bond donors (Lipinski definition) is 0. The summed E-state index contributed by atoms with van der Waals surface area (Å²) in [5.41, 5.74) is 1.24. The van der Waals surface area contributed by atoms with Crippen LogP contribution in [0.15, 0.2) is 42.5 Å². The number of benzene rings is 2. The highest BCUT2D eigenvalue weighted by Crippen LogP contribution is 2.23. The Morgan fingerprint density at radius 2 is 1.75 bits per heavy atom. The maximum atomic E-state index is 11.8. The standard InChI is InChI=1S/C15H12Cl2O3/c1-19-12-5-3-11(4-6-12)15(18)20-9-10-2-7-13(16)14(17)8-10/h2-8H,9H2,1H3. The van der Waals surface area contributed by atoms with Crippen LogP contribution in [0.5, 0.6) is 5.75 Å². The number of ether oxygens (including phenoxy) is 2. The minimum Gasteiger partial charge on any atom is -0.497 e. The van der Waals surface area contributed by atoms with Crippen molar-refractivity contribution < 1.29 is 14.3 Å². The molecular formula is C15H12Cl2O3. The highest BCUT2D eigenvalue weighted by atomic mass is 35.5. The van der Waals surface area contributed by atoms with Gasteiger partial charge in [-0.15, -0.1) is 0 Å². The average molecular weight is 311 g/mol. The molecule has 0 aliphatic carbocycles. The maximum Gasteiger partial charge on any atom is 0.338 e. The molecule has 0 heterocycles. The summed E-state index contributed by atoms with van der Waals surface area (Å²) in [4.78, 5) is 11.8. The fourth-order valence-electron chi connectivity index (χ4n) is 1.59. The summed E-state index contributed by atoms with van der Waals surface area (Å²) in [7, 11) is 1.57. The molecule has 2 rings (SSSR count). The second kappa shape index (κ2) is 6.64. The summed E-state index contributed by atoms with van der Waals surface area (Å²) in [5.74, 6) is 0.282. The third-order valence-corrected chi connectivity index (χ3v) is 3.42. The molecule has 0 bridgehead atoms. The van der Waals surface area contributed by atoms with Gasteiger partial charge in [0.15, 0.2) is 0 Å². The number of esters is 1. The van der Waals surface area contributed by atoms with E-state index in [-0.39, 0.29) is 6.61 Å². The van der Waals surface area contributed by atoms with Crippen LogP contribution in [0.1, 0.15) is 15.9 Å². The van der Waals surface area contributed by atoms with Gasteiger partial charge in [-0.3, -0.25) is 0 Å². The van der Waals surface area contributed by atoms with Crippen LogP contribution < -0.4 is 4.74 Å². The monoisotopic (exact) mass is 310 g/mol. The lowest BCUT2D eigenvalue weighted by Gasteiger charge is -2.06. The second-order valence-electron chi connectivity index (χ2n) is 4.05. The topological polar surface area (TPSA) is 35.5 Å². The first kappa shape index (κ1) is 14.7. The Kier molecular flexibility index (Phi) is 4.88. The van der Waals surface area contributed by atoms with Crippen molar-refractivity contribution in [2.45, 2.75) is 6.61 Å². The van der Waals surface area contributed by atoms with Crippen LogP contribution in [-0.2, 0) is 11.3 Å². The van der Waals surface area contributed by atoms with Crippen LogP contribution in [0.2, 0.25) is 10.0 Å². The van der Waals surface area contributed by atoms with Crippen molar-refractivity contribution in [2.75, 3.05) is 7.11 Å². The molecule has 20 heavy (non-hydrogen) atoms. The molecule has 0 aliphatic rings. The summed E-state index contributed by atoms with van der Waals surface area (Å²) < 4.78 is 10.2. The lowest BCUT2D eigenvalue weighted by molar-refractivity contribution is 0.0472. The SMILES string of the molecule is COc1ccc(C(=O)OCc2ccc(Cl)c(Cl)c2)cc1. The van der Waals surface area contributed by atoms with Crippen molar-refractivity contribution in [1.29, 1.82) is 0 Å². The normalized spacial score (nSPS) is 10.2. The van der Waals surface area contributed by atoms with E-state index in [0.29, 0.717) is 21.4 Å². The van der Waals surface area contributed by atoms with Crippen molar-refractivity contribution in [1.82, 2.24) is 0 Å². The molecule has 0 amide bonds. The Morgan fingerprint density at radius 3 is 2.35 bits per heavy atom. The number of hydrogen-bond acceptors (Lipinski definition) is 3. The van der Waals surface area contributed by atoms with Gasteiger partial charge in [0.2, 0.25) is 0 Å². The van der Waals surface area contributed by atoms with E-state index in [2.05, 4.69) is 0 Å². The summed E-state index contributed by atoms with van der Waals surface area (Å²) in [6.45, 7) is 0.141. The van der Waals surface area contributed by atoms with E-state index in [1.807, 2.05) is 0 Å². The van der Waals surface area contributed by atoms with E-state index in [4.69, 9.17) is 32.7 Å². The Balaban J connectivity index is 1.98. The molecule has 2 aromatic carbocycles. The zero-order valence-electron chi connectivity index (χ0n) is 10.7. The first-order valence-electron chi connectivity index (χ1n) is 5.85. The van der Waals surface area contributed by atoms with Gasteiger partial charge >= 0.3 is 5.97 Å². The third-order valence-electron chi connectivity index (χ3n) is 2.68. The number of rotatable bonds is 4. The minimum absolute atomic E-state index is 0.141. The van der Waals surface area contributed by atoms with Gasteiger partial charge in [0, 0.05) is 0 Å². The van der Waals surface area contributed by atoms with Gasteiger partial charge in [-0.1, -0.05) is 29.3 Å². The zero-order chi connectivity index (χ0) is 14.5. The van der Waals surface area contributed by atoms with E-state index in [1.54, 1.807) is 49.6 Å². The van der Waals surface area contributed by atoms with Crippen LogP contribution in [0, 0.1) is 0 Å². The Hall–Kier alpha value is -1.71. The lowest BCUT2D eigenvalue weighted by Crippen LogP contribution is -2.05. The van der Waals surface area contributed by atoms with Crippen LogP contribution >= 0.6 is 23.2 Å². The Morgan fingerprint density at radius 1 is 1.05 bits per heavy atom. The van der Waals surface area contributed by atoms with E-state index in [9.17, 15) is 4.79 Å². The Bertz CT molecular complexity index is 609. The van der Waals surface area contributed by atoms with E-state index < -0.39 is 5.97 Å². The molecule has 0 aromatic heterocycles. The summed E-state index contributed by atoms with van der Waals surface area (Å²) in [5, 5.41) is 0.904. The highest BCUT2D eigenvalue weighted by molar-refractivity contribution is 6.42. The maximum absolute atomic E-state index is 11.8. The number of halogens is 2. The lowest BCUT2D eigenvalue weighted by atomic mass is 10.2. The van der Waals surface area contributed by atoms with E-state index in [0.717, 1.165) is 5.56 Å². The fourth-order valence-corrected chi connectivity index (χ4v) is 1.91. The molecule has 3 nitrogen and oxygen atoms in total. The van der Waals surface area contributed by atoms with Gasteiger partial charge in [0.1, 0.15) is 12.4 Å². The van der Waals surface area contributed by atoms with Crippen LogP contribution in [-0.4, -0.2) is 13.1 Å². The first-order valence-corrected chi connectivity index (χ1v) is 6.61. The van der Waals surface area contributed by atoms with E-state index >= 15 is 0 Å². The van der Waals surface area contributed by atoms with Crippen LogP contribution in [0.3, 0.4) is 0 Å². The van der Waals surface area contributed by atoms with Gasteiger partial charge in [-0.25, -0.2) is 4.79 Å². The van der Waals surface area contributed by atoms with Crippen molar-refractivity contribution in [3.63, 3.8) is 0 Å².